The van der Waals surface area contributed by atoms with Crippen LogP contribution in [0.15, 0.2) is 6.20 Å². The lowest BCUT2D eigenvalue weighted by atomic mass is 10.2. The number of nitrogens with one attached hydrogen (secondary N) is 1. The number of amides is 1. The van der Waals surface area contributed by atoms with E-state index in [1.54, 1.807) is 10.9 Å². The second-order valence-corrected chi connectivity index (χ2v) is 4.85. The predicted octanol–water partition coefficient (Wildman–Crippen LogP) is 2.06. The molecule has 0 radical (unpaired) electrons. The maximum atomic E-state index is 11.7. The molecule has 0 aliphatic heterocycles. The zero-order valence-corrected chi connectivity index (χ0v) is 12.0. The normalized spacial score (nSPS) is 10.4. The monoisotopic (exact) mass is 335 g/mol. The minimum atomic E-state index is -0.0138. The molecule has 0 atom stereocenters. The van der Waals surface area contributed by atoms with E-state index in [4.69, 9.17) is 0 Å². The smallest absolute Gasteiger partial charge is 0.254 e. The Hall–Kier alpha value is -0.590. The van der Waals surface area contributed by atoms with E-state index in [-0.39, 0.29) is 5.91 Å². The number of hydrogen-bond acceptors (Lipinski definition) is 2. The summed E-state index contributed by atoms with van der Waals surface area (Å²) in [4.78, 5) is 11.7. The van der Waals surface area contributed by atoms with Crippen LogP contribution in [-0.4, -0.2) is 26.7 Å². The van der Waals surface area contributed by atoms with Gasteiger partial charge in [0, 0.05) is 19.3 Å². The maximum absolute atomic E-state index is 11.7. The number of carbonyl (C=O) groups excluding carboxylic acids is 1. The molecule has 1 rings (SSSR count). The summed E-state index contributed by atoms with van der Waals surface area (Å²) < 4.78 is 2.90. The summed E-state index contributed by atoms with van der Waals surface area (Å²) in [5, 5.41) is 6.97. The van der Waals surface area contributed by atoms with E-state index in [0.717, 1.165) is 18.7 Å². The minimum absolute atomic E-state index is 0.0138. The summed E-state index contributed by atoms with van der Waals surface area (Å²) >= 11 is 2.37. The second-order valence-electron chi connectivity index (χ2n) is 3.77. The third-order valence-electron chi connectivity index (χ3n) is 2.58. The number of unbranched alkanes of at least 4 members (excludes halogenated alkanes) is 2. The number of aryl methyl sites for hydroxylation is 1. The molecule has 0 saturated carbocycles. The van der Waals surface area contributed by atoms with Gasteiger partial charge in [-0.05, 0) is 24.2 Å². The van der Waals surface area contributed by atoms with Crippen LogP contribution in [0.1, 0.15) is 35.3 Å². The molecule has 0 aliphatic carbocycles. The highest BCUT2D eigenvalue weighted by Crippen LogP contribution is 2.05. The summed E-state index contributed by atoms with van der Waals surface area (Å²) in [7, 11) is 1.84. The van der Waals surface area contributed by atoms with Crippen LogP contribution in [0.4, 0.5) is 0 Å². The van der Waals surface area contributed by atoms with Gasteiger partial charge in [0.2, 0.25) is 0 Å². The number of hydrogen-bond donors (Lipinski definition) is 1. The third kappa shape index (κ3) is 3.77. The van der Waals surface area contributed by atoms with E-state index < -0.39 is 0 Å². The van der Waals surface area contributed by atoms with Gasteiger partial charge in [0.25, 0.3) is 5.91 Å². The molecule has 1 aromatic rings. The van der Waals surface area contributed by atoms with Crippen LogP contribution in [0.3, 0.4) is 0 Å². The van der Waals surface area contributed by atoms with E-state index in [2.05, 4.69) is 33.0 Å². The van der Waals surface area contributed by atoms with E-state index in [0.29, 0.717) is 5.56 Å². The van der Waals surface area contributed by atoms with Gasteiger partial charge in [0.15, 0.2) is 0 Å². The van der Waals surface area contributed by atoms with Crippen molar-refractivity contribution in [3.63, 3.8) is 0 Å². The summed E-state index contributed by atoms with van der Waals surface area (Å²) in [5.74, 6) is -0.0138. The van der Waals surface area contributed by atoms with Crippen molar-refractivity contribution in [3.8, 4) is 0 Å². The van der Waals surface area contributed by atoms with Gasteiger partial charge in [-0.1, -0.05) is 29.0 Å². The Kier molecular flexibility index (Phi) is 5.79. The van der Waals surface area contributed by atoms with Gasteiger partial charge in [-0.15, -0.1) is 0 Å². The Labute approximate surface area is 110 Å². The molecule has 90 valence electrons. The average Bonchev–Trinajstić information content (AvgIpc) is 2.59. The lowest BCUT2D eigenvalue weighted by Crippen LogP contribution is -2.24. The number of halogens is 1. The van der Waals surface area contributed by atoms with Gasteiger partial charge >= 0.3 is 0 Å². The zero-order valence-electron chi connectivity index (χ0n) is 9.79. The van der Waals surface area contributed by atoms with Crippen molar-refractivity contribution in [1.29, 1.82) is 0 Å². The molecule has 0 aromatic carbocycles. The van der Waals surface area contributed by atoms with Crippen molar-refractivity contribution >= 4 is 28.5 Å². The Morgan fingerprint density at radius 1 is 1.50 bits per heavy atom. The number of aromatic nitrogens is 2. The molecule has 1 heterocycles. The SMILES string of the molecule is Cc1c(C(=O)NCCCCCI)cnn1C. The van der Waals surface area contributed by atoms with Crippen molar-refractivity contribution in [1.82, 2.24) is 15.1 Å². The van der Waals surface area contributed by atoms with E-state index >= 15 is 0 Å². The molecule has 0 aliphatic rings. The molecule has 0 unspecified atom stereocenters. The molecule has 0 spiro atoms. The predicted molar refractivity (Wildman–Crippen MR) is 73.0 cm³/mol. The first-order valence-electron chi connectivity index (χ1n) is 5.49. The first-order chi connectivity index (χ1) is 7.66. The third-order valence-corrected chi connectivity index (χ3v) is 3.34. The van der Waals surface area contributed by atoms with Gasteiger partial charge in [0.05, 0.1) is 11.8 Å². The Balaban J connectivity index is 2.33. The number of rotatable bonds is 6. The Morgan fingerprint density at radius 3 is 2.81 bits per heavy atom. The van der Waals surface area contributed by atoms with Gasteiger partial charge in [-0.3, -0.25) is 9.48 Å². The largest absolute Gasteiger partial charge is 0.352 e. The fourth-order valence-electron chi connectivity index (χ4n) is 1.42. The van der Waals surface area contributed by atoms with Gasteiger partial charge in [-0.25, -0.2) is 0 Å². The molecule has 1 aromatic heterocycles. The van der Waals surface area contributed by atoms with Gasteiger partial charge in [-0.2, -0.15) is 5.10 Å². The van der Waals surface area contributed by atoms with Gasteiger partial charge < -0.3 is 5.32 Å². The van der Waals surface area contributed by atoms with Crippen LogP contribution in [0.25, 0.3) is 0 Å². The molecular formula is C11H18IN3O. The standard InChI is InChI=1S/C11H18IN3O/c1-9-10(8-14-15(9)2)11(16)13-7-5-3-4-6-12/h8H,3-7H2,1-2H3,(H,13,16). The maximum Gasteiger partial charge on any atom is 0.254 e. The van der Waals surface area contributed by atoms with E-state index in [1.807, 2.05) is 14.0 Å². The molecule has 1 amide bonds. The van der Waals surface area contributed by atoms with Crippen molar-refractivity contribution in [2.75, 3.05) is 11.0 Å². The lowest BCUT2D eigenvalue weighted by molar-refractivity contribution is 0.0952. The van der Waals surface area contributed by atoms with Crippen LogP contribution in [0.2, 0.25) is 0 Å². The van der Waals surface area contributed by atoms with E-state index in [1.165, 1.54) is 17.3 Å². The highest BCUT2D eigenvalue weighted by atomic mass is 127. The molecular weight excluding hydrogens is 317 g/mol. The van der Waals surface area contributed by atoms with Gasteiger partial charge in [0.1, 0.15) is 0 Å². The van der Waals surface area contributed by atoms with Crippen LogP contribution in [0.5, 0.6) is 0 Å². The molecule has 0 fully saturated rings. The van der Waals surface area contributed by atoms with Crippen LogP contribution < -0.4 is 5.32 Å². The lowest BCUT2D eigenvalue weighted by Gasteiger charge is -2.04. The summed E-state index contributed by atoms with van der Waals surface area (Å²) in [6.07, 6.45) is 5.07. The molecule has 5 heteroatoms. The van der Waals surface area contributed by atoms with Crippen LogP contribution in [0, 0.1) is 6.92 Å². The van der Waals surface area contributed by atoms with Crippen molar-refractivity contribution in [3.05, 3.63) is 17.5 Å². The van der Waals surface area contributed by atoms with Crippen LogP contribution in [-0.2, 0) is 7.05 Å². The number of alkyl halides is 1. The Bertz CT molecular complexity index is 349. The first-order valence-corrected chi connectivity index (χ1v) is 7.02. The van der Waals surface area contributed by atoms with Crippen molar-refractivity contribution in [2.45, 2.75) is 26.2 Å². The summed E-state index contributed by atoms with van der Waals surface area (Å²) in [6.45, 7) is 2.65. The quantitative estimate of drug-likeness (QED) is 0.491. The van der Waals surface area contributed by atoms with Crippen LogP contribution >= 0.6 is 22.6 Å². The second kappa shape index (κ2) is 6.88. The number of nitrogens with zero attached hydrogens (tertiary/aromatic N) is 2. The molecule has 0 bridgehead atoms. The first kappa shape index (κ1) is 13.5. The zero-order chi connectivity index (χ0) is 12.0. The average molecular weight is 335 g/mol. The highest BCUT2D eigenvalue weighted by molar-refractivity contribution is 14.1. The van der Waals surface area contributed by atoms with E-state index in [9.17, 15) is 4.79 Å². The summed E-state index contributed by atoms with van der Waals surface area (Å²) in [5.41, 5.74) is 1.58. The molecule has 1 N–H and O–H groups in total. The molecule has 0 saturated heterocycles. The number of carbonyl (C=O) groups is 1. The minimum Gasteiger partial charge on any atom is -0.352 e. The van der Waals surface area contributed by atoms with Crippen molar-refractivity contribution < 1.29 is 4.79 Å². The van der Waals surface area contributed by atoms with Crippen molar-refractivity contribution in [2.24, 2.45) is 7.05 Å². The molecule has 16 heavy (non-hydrogen) atoms. The fourth-order valence-corrected chi connectivity index (χ4v) is 1.95. The summed E-state index contributed by atoms with van der Waals surface area (Å²) in [6, 6.07) is 0. The molecule has 4 nitrogen and oxygen atoms in total. The Morgan fingerprint density at radius 2 is 2.25 bits per heavy atom. The topological polar surface area (TPSA) is 46.9 Å². The highest BCUT2D eigenvalue weighted by Gasteiger charge is 2.11. The fraction of sp³-hybridized carbons (Fsp3) is 0.636.